The van der Waals surface area contributed by atoms with Crippen LogP contribution in [-0.4, -0.2) is 18.0 Å². The summed E-state index contributed by atoms with van der Waals surface area (Å²) in [5.74, 6) is 0. The van der Waals surface area contributed by atoms with E-state index < -0.39 is 26.7 Å². The molecule has 0 aliphatic heterocycles. The average molecular weight is 430 g/mol. The maximum Gasteiger partial charge on any atom is 0.417 e. The highest BCUT2D eigenvalue weighted by Crippen LogP contribution is 2.35. The molecule has 0 saturated heterocycles. The summed E-state index contributed by atoms with van der Waals surface area (Å²) in [4.78, 5) is 3.09. The summed E-state index contributed by atoms with van der Waals surface area (Å²) in [6, 6.07) is 9.63. The summed E-state index contributed by atoms with van der Waals surface area (Å²) < 4.78 is 68.6. The summed E-state index contributed by atoms with van der Waals surface area (Å²) >= 11 is 5.60. The minimum atomic E-state index is -4.85. The molecule has 0 unspecified atom stereocenters. The molecular weight excluding hydrogens is 415 g/mol. The number of nitrogens with one attached hydrogen (secondary N) is 1. The molecule has 3 aromatic rings. The Hall–Kier alpha value is -2.36. The molecule has 0 spiro atoms. The molecule has 28 heavy (non-hydrogen) atoms. The molecule has 10 heteroatoms. The summed E-state index contributed by atoms with van der Waals surface area (Å²) in [5.41, 5.74) is 0.210. The fourth-order valence-electron chi connectivity index (χ4n) is 2.64. The van der Waals surface area contributed by atoms with E-state index in [1.807, 2.05) is 10.6 Å². The van der Waals surface area contributed by atoms with Crippen molar-refractivity contribution in [2.45, 2.75) is 24.2 Å². The maximum absolute atomic E-state index is 13.2. The number of alkyl halides is 3. The number of benzene rings is 2. The number of nitrogens with zero attached hydrogens (tertiary/aromatic N) is 2. The molecule has 0 radical (unpaired) electrons. The first-order valence-corrected chi connectivity index (χ1v) is 9.91. The third-order valence-electron chi connectivity index (χ3n) is 3.92. The van der Waals surface area contributed by atoms with E-state index >= 15 is 0 Å². The lowest BCUT2D eigenvalue weighted by molar-refractivity contribution is -0.139. The van der Waals surface area contributed by atoms with Gasteiger partial charge in [-0.25, -0.2) is 18.1 Å². The quantitative estimate of drug-likeness (QED) is 0.642. The van der Waals surface area contributed by atoms with Crippen molar-refractivity contribution >= 4 is 21.6 Å². The Morgan fingerprint density at radius 3 is 2.54 bits per heavy atom. The maximum atomic E-state index is 13.2. The standard InChI is InChI=1S/C18H15ClF3N3O2S/c19-15-4-5-17(16(9-15)18(20,21)22)28(26,27)24-10-13-2-1-3-14(8-13)11-25-7-6-23-12-25/h1-9,12,24H,10-11H2. The number of hydrogen-bond donors (Lipinski definition) is 1. The Kier molecular flexibility index (Phi) is 5.78. The minimum absolute atomic E-state index is 0.153. The van der Waals surface area contributed by atoms with Crippen LogP contribution < -0.4 is 4.72 Å². The first kappa shape index (κ1) is 20.4. The molecular formula is C18H15ClF3N3O2S. The van der Waals surface area contributed by atoms with Crippen LogP contribution in [0.3, 0.4) is 0 Å². The third kappa shape index (κ3) is 4.92. The van der Waals surface area contributed by atoms with Gasteiger partial charge in [0.2, 0.25) is 10.0 Å². The second-order valence-corrected chi connectivity index (χ2v) is 8.19. The van der Waals surface area contributed by atoms with Crippen LogP contribution in [0.15, 0.2) is 66.1 Å². The molecule has 1 heterocycles. The largest absolute Gasteiger partial charge is 0.417 e. The van der Waals surface area contributed by atoms with Crippen molar-refractivity contribution in [2.75, 3.05) is 0 Å². The van der Waals surface area contributed by atoms with Gasteiger partial charge in [0.25, 0.3) is 0 Å². The molecule has 148 valence electrons. The zero-order valence-corrected chi connectivity index (χ0v) is 15.9. The Labute approximate surface area is 164 Å². The first-order valence-electron chi connectivity index (χ1n) is 8.05. The van der Waals surface area contributed by atoms with Gasteiger partial charge >= 0.3 is 6.18 Å². The Bertz CT molecular complexity index is 1070. The van der Waals surface area contributed by atoms with E-state index in [-0.39, 0.29) is 11.6 Å². The zero-order chi connectivity index (χ0) is 20.4. The van der Waals surface area contributed by atoms with Gasteiger partial charge in [-0.2, -0.15) is 13.2 Å². The van der Waals surface area contributed by atoms with Crippen LogP contribution in [-0.2, 0) is 29.3 Å². The number of hydrogen-bond acceptors (Lipinski definition) is 3. The van der Waals surface area contributed by atoms with Gasteiger partial charge in [0.05, 0.1) is 16.8 Å². The van der Waals surface area contributed by atoms with E-state index in [0.29, 0.717) is 18.2 Å². The van der Waals surface area contributed by atoms with E-state index in [1.165, 1.54) is 0 Å². The van der Waals surface area contributed by atoms with Gasteiger partial charge in [-0.3, -0.25) is 0 Å². The van der Waals surface area contributed by atoms with Crippen molar-refractivity contribution in [3.05, 3.63) is 82.9 Å². The second-order valence-electron chi connectivity index (χ2n) is 6.02. The molecule has 1 N–H and O–H groups in total. The van der Waals surface area contributed by atoms with Gasteiger partial charge in [-0.05, 0) is 29.3 Å². The predicted molar refractivity (Wildman–Crippen MR) is 98.3 cm³/mol. The highest BCUT2D eigenvalue weighted by Gasteiger charge is 2.37. The smallest absolute Gasteiger partial charge is 0.333 e. The van der Waals surface area contributed by atoms with Crippen LogP contribution in [0.25, 0.3) is 0 Å². The molecule has 0 atom stereocenters. The van der Waals surface area contributed by atoms with Gasteiger partial charge in [-0.1, -0.05) is 35.9 Å². The van der Waals surface area contributed by atoms with E-state index in [1.54, 1.807) is 36.9 Å². The van der Waals surface area contributed by atoms with E-state index in [4.69, 9.17) is 11.6 Å². The number of rotatable bonds is 6. The fraction of sp³-hybridized carbons (Fsp3) is 0.167. The molecule has 0 fully saturated rings. The van der Waals surface area contributed by atoms with Crippen molar-refractivity contribution in [1.29, 1.82) is 0 Å². The zero-order valence-electron chi connectivity index (χ0n) is 14.3. The summed E-state index contributed by atoms with van der Waals surface area (Å²) in [7, 11) is -4.40. The summed E-state index contributed by atoms with van der Waals surface area (Å²) in [5, 5.41) is -0.196. The Balaban J connectivity index is 1.79. The lowest BCUT2D eigenvalue weighted by Crippen LogP contribution is -2.26. The Morgan fingerprint density at radius 1 is 1.11 bits per heavy atom. The van der Waals surface area contributed by atoms with E-state index in [9.17, 15) is 21.6 Å². The molecule has 0 amide bonds. The highest BCUT2D eigenvalue weighted by atomic mass is 35.5. The topological polar surface area (TPSA) is 64.0 Å². The Morgan fingerprint density at radius 2 is 1.86 bits per heavy atom. The third-order valence-corrected chi connectivity index (χ3v) is 5.61. The highest BCUT2D eigenvalue weighted by molar-refractivity contribution is 7.89. The van der Waals surface area contributed by atoms with Crippen LogP contribution in [0, 0.1) is 0 Å². The van der Waals surface area contributed by atoms with Crippen LogP contribution in [0.5, 0.6) is 0 Å². The lowest BCUT2D eigenvalue weighted by Gasteiger charge is -2.14. The van der Waals surface area contributed by atoms with Gasteiger partial charge < -0.3 is 4.57 Å². The van der Waals surface area contributed by atoms with Crippen molar-refractivity contribution in [1.82, 2.24) is 14.3 Å². The van der Waals surface area contributed by atoms with Gasteiger partial charge in [0.1, 0.15) is 0 Å². The summed E-state index contributed by atoms with van der Waals surface area (Å²) in [6.45, 7) is 0.385. The predicted octanol–water partition coefficient (Wildman–Crippen LogP) is 4.08. The molecule has 0 bridgehead atoms. The molecule has 5 nitrogen and oxygen atoms in total. The van der Waals surface area contributed by atoms with E-state index in [2.05, 4.69) is 9.71 Å². The van der Waals surface area contributed by atoms with Crippen molar-refractivity contribution in [2.24, 2.45) is 0 Å². The second kappa shape index (κ2) is 7.94. The number of halogens is 4. The number of imidazole rings is 1. The van der Waals surface area contributed by atoms with Crippen molar-refractivity contribution in [3.8, 4) is 0 Å². The monoisotopic (exact) mass is 429 g/mol. The van der Waals surface area contributed by atoms with Gasteiger partial charge in [-0.15, -0.1) is 0 Å². The number of aromatic nitrogens is 2. The van der Waals surface area contributed by atoms with Gasteiger partial charge in [0.15, 0.2) is 0 Å². The fourth-order valence-corrected chi connectivity index (χ4v) is 4.04. The number of sulfonamides is 1. The van der Waals surface area contributed by atoms with Crippen LogP contribution >= 0.6 is 11.6 Å². The summed E-state index contributed by atoms with van der Waals surface area (Å²) in [6.07, 6.45) is 0.227. The molecule has 2 aromatic carbocycles. The molecule has 3 rings (SSSR count). The van der Waals surface area contributed by atoms with Crippen LogP contribution in [0.1, 0.15) is 16.7 Å². The van der Waals surface area contributed by atoms with Crippen LogP contribution in [0.2, 0.25) is 5.02 Å². The van der Waals surface area contributed by atoms with E-state index in [0.717, 1.165) is 17.7 Å². The average Bonchev–Trinajstić information content (AvgIpc) is 3.12. The minimum Gasteiger partial charge on any atom is -0.333 e. The van der Waals surface area contributed by atoms with Crippen LogP contribution in [0.4, 0.5) is 13.2 Å². The molecule has 1 aromatic heterocycles. The van der Waals surface area contributed by atoms with Crippen molar-refractivity contribution < 1.29 is 21.6 Å². The normalized spacial score (nSPS) is 12.3. The molecule has 0 aliphatic rings. The molecule has 0 aliphatic carbocycles. The first-order chi connectivity index (χ1) is 13.1. The lowest BCUT2D eigenvalue weighted by atomic mass is 10.1. The van der Waals surface area contributed by atoms with Gasteiger partial charge in [0, 0.05) is 30.5 Å². The SMILES string of the molecule is O=S(=O)(NCc1cccc(Cn2ccnc2)c1)c1ccc(Cl)cc1C(F)(F)F. The molecule has 0 saturated carbocycles. The van der Waals surface area contributed by atoms with Crippen molar-refractivity contribution in [3.63, 3.8) is 0 Å².